The zero-order valence-corrected chi connectivity index (χ0v) is 18.9. The minimum Gasteiger partial charge on any atom is -0.493 e. The van der Waals surface area contributed by atoms with Gasteiger partial charge >= 0.3 is 5.97 Å². The van der Waals surface area contributed by atoms with E-state index in [1.54, 1.807) is 42.5 Å². The first-order chi connectivity index (χ1) is 14.9. The fraction of sp³-hybridized carbons (Fsp3) is 0.150. The number of nitrogens with one attached hydrogen (secondary N) is 1. The van der Waals surface area contributed by atoms with Crippen molar-refractivity contribution in [1.29, 1.82) is 0 Å². The molecule has 0 atom stereocenters. The first-order valence-electron chi connectivity index (χ1n) is 8.85. The van der Waals surface area contributed by atoms with Gasteiger partial charge in [0.05, 0.1) is 24.6 Å². The number of carbonyl (C=O) groups excluding carboxylic acids is 2. The SMILES string of the molecule is COc1cc(/C=N/NC(=O)CSc2nnc(C)s2)ccc1OC(=O)c1ccc(Cl)cc1. The molecule has 1 heterocycles. The average Bonchev–Trinajstić information content (AvgIpc) is 3.18. The highest BCUT2D eigenvalue weighted by molar-refractivity contribution is 8.01. The minimum atomic E-state index is -0.535. The van der Waals surface area contributed by atoms with Gasteiger partial charge in [-0.15, -0.1) is 10.2 Å². The maximum absolute atomic E-state index is 12.3. The summed E-state index contributed by atoms with van der Waals surface area (Å²) in [6.45, 7) is 1.85. The van der Waals surface area contributed by atoms with E-state index in [4.69, 9.17) is 21.1 Å². The average molecular weight is 477 g/mol. The number of benzene rings is 2. The Labute approximate surface area is 191 Å². The van der Waals surface area contributed by atoms with Crippen molar-refractivity contribution in [3.8, 4) is 11.5 Å². The molecule has 0 saturated heterocycles. The molecule has 0 spiro atoms. The highest BCUT2D eigenvalue weighted by Crippen LogP contribution is 2.28. The predicted molar refractivity (Wildman–Crippen MR) is 121 cm³/mol. The van der Waals surface area contributed by atoms with E-state index in [0.717, 1.165) is 9.35 Å². The largest absolute Gasteiger partial charge is 0.493 e. The molecule has 0 bridgehead atoms. The molecule has 160 valence electrons. The van der Waals surface area contributed by atoms with Crippen LogP contribution >= 0.6 is 34.7 Å². The summed E-state index contributed by atoms with van der Waals surface area (Å²) in [6.07, 6.45) is 1.46. The number of halogens is 1. The molecular formula is C20H17ClN4O4S2. The van der Waals surface area contributed by atoms with Gasteiger partial charge in [-0.25, -0.2) is 10.2 Å². The van der Waals surface area contributed by atoms with Crippen LogP contribution in [0.5, 0.6) is 11.5 Å². The minimum absolute atomic E-state index is 0.175. The molecule has 1 aromatic heterocycles. The molecule has 31 heavy (non-hydrogen) atoms. The molecule has 11 heteroatoms. The number of hydrogen-bond donors (Lipinski definition) is 1. The second-order valence-electron chi connectivity index (χ2n) is 5.98. The summed E-state index contributed by atoms with van der Waals surface area (Å²) in [5.41, 5.74) is 3.46. The lowest BCUT2D eigenvalue weighted by atomic mass is 10.2. The zero-order valence-electron chi connectivity index (χ0n) is 16.5. The van der Waals surface area contributed by atoms with Crippen LogP contribution < -0.4 is 14.9 Å². The Morgan fingerprint density at radius 2 is 1.97 bits per heavy atom. The Kier molecular flexibility index (Phi) is 7.99. The van der Waals surface area contributed by atoms with E-state index >= 15 is 0 Å². The summed E-state index contributed by atoms with van der Waals surface area (Å²) in [6, 6.07) is 11.3. The number of hydrazone groups is 1. The highest BCUT2D eigenvalue weighted by atomic mass is 35.5. The topological polar surface area (TPSA) is 103 Å². The van der Waals surface area contributed by atoms with Crippen LogP contribution in [0.4, 0.5) is 0 Å². The van der Waals surface area contributed by atoms with Crippen molar-refractivity contribution in [2.75, 3.05) is 12.9 Å². The number of aryl methyl sites for hydroxylation is 1. The van der Waals surface area contributed by atoms with Crippen LogP contribution in [0.2, 0.25) is 5.02 Å². The molecule has 0 saturated carbocycles. The molecule has 8 nitrogen and oxygen atoms in total. The number of thioether (sulfide) groups is 1. The molecule has 0 aliphatic rings. The fourth-order valence-corrected chi connectivity index (χ4v) is 4.00. The van der Waals surface area contributed by atoms with Gasteiger partial charge in [-0.3, -0.25) is 4.79 Å². The lowest BCUT2D eigenvalue weighted by Gasteiger charge is -2.10. The Balaban J connectivity index is 1.56. The van der Waals surface area contributed by atoms with Crippen LogP contribution in [-0.2, 0) is 4.79 Å². The Morgan fingerprint density at radius 1 is 1.19 bits per heavy atom. The van der Waals surface area contributed by atoms with Crippen molar-refractivity contribution in [3.63, 3.8) is 0 Å². The summed E-state index contributed by atoms with van der Waals surface area (Å²) < 4.78 is 11.4. The van der Waals surface area contributed by atoms with E-state index in [0.29, 0.717) is 21.9 Å². The van der Waals surface area contributed by atoms with E-state index in [1.165, 1.54) is 36.4 Å². The zero-order chi connectivity index (χ0) is 22.2. The van der Waals surface area contributed by atoms with Crippen molar-refractivity contribution in [2.24, 2.45) is 5.10 Å². The van der Waals surface area contributed by atoms with E-state index in [-0.39, 0.29) is 17.4 Å². The van der Waals surface area contributed by atoms with Crippen LogP contribution in [0.15, 0.2) is 51.9 Å². The molecule has 0 aliphatic carbocycles. The summed E-state index contributed by atoms with van der Waals surface area (Å²) >= 11 is 8.55. The fourth-order valence-electron chi connectivity index (χ4n) is 2.27. The second kappa shape index (κ2) is 10.9. The first-order valence-corrected chi connectivity index (χ1v) is 11.0. The third-order valence-corrected chi connectivity index (χ3v) is 5.93. The number of aromatic nitrogens is 2. The summed E-state index contributed by atoms with van der Waals surface area (Å²) in [4.78, 5) is 24.2. The molecule has 1 amide bonds. The molecule has 0 aliphatic heterocycles. The van der Waals surface area contributed by atoms with Gasteiger partial charge in [-0.1, -0.05) is 34.7 Å². The monoisotopic (exact) mass is 476 g/mol. The van der Waals surface area contributed by atoms with E-state index in [2.05, 4.69) is 20.7 Å². The lowest BCUT2D eigenvalue weighted by Crippen LogP contribution is -2.19. The van der Waals surface area contributed by atoms with Gasteiger partial charge in [-0.05, 0) is 55.0 Å². The summed E-state index contributed by atoms with van der Waals surface area (Å²) in [5.74, 6) is -0.0250. The maximum atomic E-state index is 12.3. The molecule has 3 rings (SSSR count). The van der Waals surface area contributed by atoms with Crippen LogP contribution in [0, 0.1) is 6.92 Å². The third-order valence-electron chi connectivity index (χ3n) is 3.71. The van der Waals surface area contributed by atoms with Crippen molar-refractivity contribution < 1.29 is 19.1 Å². The lowest BCUT2D eigenvalue weighted by molar-refractivity contribution is -0.118. The van der Waals surface area contributed by atoms with Gasteiger partial charge in [0.2, 0.25) is 0 Å². The normalized spacial score (nSPS) is 10.8. The van der Waals surface area contributed by atoms with E-state index in [1.807, 2.05) is 6.92 Å². The molecule has 2 aromatic carbocycles. The number of amides is 1. The maximum Gasteiger partial charge on any atom is 0.343 e. The molecule has 0 radical (unpaired) electrons. The van der Waals surface area contributed by atoms with Crippen molar-refractivity contribution in [1.82, 2.24) is 15.6 Å². The number of ether oxygens (including phenoxy) is 2. The smallest absolute Gasteiger partial charge is 0.343 e. The molecule has 3 aromatic rings. The van der Waals surface area contributed by atoms with Gasteiger partial charge in [0.25, 0.3) is 5.91 Å². The van der Waals surface area contributed by atoms with E-state index < -0.39 is 5.97 Å². The second-order valence-corrected chi connectivity index (χ2v) is 8.82. The Morgan fingerprint density at radius 3 is 2.65 bits per heavy atom. The van der Waals surface area contributed by atoms with E-state index in [9.17, 15) is 9.59 Å². The number of esters is 1. The number of carbonyl (C=O) groups is 2. The van der Waals surface area contributed by atoms with Gasteiger partial charge in [-0.2, -0.15) is 5.10 Å². The number of rotatable bonds is 8. The number of nitrogens with zero attached hydrogens (tertiary/aromatic N) is 3. The van der Waals surface area contributed by atoms with Gasteiger partial charge in [0, 0.05) is 5.02 Å². The quantitative estimate of drug-likeness (QED) is 0.172. The third kappa shape index (κ3) is 6.78. The molecular weight excluding hydrogens is 460 g/mol. The number of methoxy groups -OCH3 is 1. The molecule has 0 fully saturated rings. The number of hydrogen-bond acceptors (Lipinski definition) is 9. The van der Waals surface area contributed by atoms with Gasteiger partial charge in [0.15, 0.2) is 15.8 Å². The molecule has 1 N–H and O–H groups in total. The van der Waals surface area contributed by atoms with Crippen molar-refractivity contribution >= 4 is 52.8 Å². The van der Waals surface area contributed by atoms with Crippen molar-refractivity contribution in [3.05, 3.63) is 63.6 Å². The summed E-state index contributed by atoms with van der Waals surface area (Å²) in [5, 5.41) is 13.1. The first kappa shape index (κ1) is 22.7. The molecule has 0 unspecified atom stereocenters. The van der Waals surface area contributed by atoms with Crippen LogP contribution in [-0.4, -0.2) is 41.2 Å². The van der Waals surface area contributed by atoms with Crippen molar-refractivity contribution in [2.45, 2.75) is 11.3 Å². The standard InChI is InChI=1S/C20H17ClN4O4S2/c1-12-23-25-20(31-12)30-11-18(26)24-22-10-13-3-8-16(17(9-13)28-2)29-19(27)14-4-6-15(21)7-5-14/h3-10H,11H2,1-2H3,(H,24,26)/b22-10+. The Hall–Kier alpha value is -2.95. The Bertz CT molecular complexity index is 1100. The highest BCUT2D eigenvalue weighted by Gasteiger charge is 2.13. The van der Waals surface area contributed by atoms with Gasteiger partial charge < -0.3 is 9.47 Å². The van der Waals surface area contributed by atoms with Crippen LogP contribution in [0.25, 0.3) is 0 Å². The summed E-state index contributed by atoms with van der Waals surface area (Å²) in [7, 11) is 1.46. The predicted octanol–water partition coefficient (Wildman–Crippen LogP) is 3.97. The van der Waals surface area contributed by atoms with Crippen LogP contribution in [0.3, 0.4) is 0 Å². The van der Waals surface area contributed by atoms with Gasteiger partial charge in [0.1, 0.15) is 5.01 Å². The van der Waals surface area contributed by atoms with Crippen LogP contribution in [0.1, 0.15) is 20.9 Å².